The number of nitrogens with two attached hydrogens (primary N) is 4. The average molecular weight is 1030 g/mol. The van der Waals surface area contributed by atoms with Crippen molar-refractivity contribution >= 4 is 86.6 Å². The quantitative estimate of drug-likeness (QED) is 0.0477. The third kappa shape index (κ3) is 19.1. The number of benzene rings is 2. The number of primary amides is 3. The number of nitrogens with one attached hydrogen (secondary N) is 7. The van der Waals surface area contributed by atoms with Crippen molar-refractivity contribution in [2.75, 3.05) is 31.1 Å². The minimum absolute atomic E-state index is 0.0354. The maximum absolute atomic E-state index is 14.5. The molecule has 24 nitrogen and oxygen atoms in total. The molecule has 2 saturated heterocycles. The van der Waals surface area contributed by atoms with Gasteiger partial charge in [-0.05, 0) is 68.3 Å². The molecule has 2 aliphatic heterocycles. The van der Waals surface area contributed by atoms with Crippen LogP contribution >= 0.6 is 21.6 Å². The highest BCUT2D eigenvalue weighted by molar-refractivity contribution is 8.76. The summed E-state index contributed by atoms with van der Waals surface area (Å²) in [4.78, 5) is 149. The molecule has 386 valence electrons. The Balaban J connectivity index is 1.70. The minimum atomic E-state index is -1.76. The van der Waals surface area contributed by atoms with Gasteiger partial charge in [-0.3, -0.25) is 52.7 Å². The molecule has 0 saturated carbocycles. The number of phenols is 1. The van der Waals surface area contributed by atoms with E-state index in [-0.39, 0.29) is 49.5 Å². The van der Waals surface area contributed by atoms with Crippen LogP contribution in [-0.2, 0) is 65.6 Å². The highest BCUT2D eigenvalue weighted by atomic mass is 33.1. The van der Waals surface area contributed by atoms with E-state index in [4.69, 9.17) is 22.9 Å². The molecule has 7 atom stereocenters. The van der Waals surface area contributed by atoms with E-state index in [2.05, 4.69) is 37.2 Å². The Morgan fingerprint density at radius 2 is 1.32 bits per heavy atom. The standard InChI is InChI=1S/C45H62N12O12S2/c46-17-5-4-9-28(39(63)50-22-37(49)61)53-44(68)34-10-6-18-57(34)45(69)33-23-70-71-24-38(62)51-30(20-26-11-13-27(58)14-12-26)41(65)54-31(19-25-7-2-1-3-8-25)42(66)52-29(15-16-35(47)59)40(64)55-32(21-36(48)60)43(67)56-33/h1-3,7-8,11-14,28-34,58H,4-6,9-10,15-24,46H2,(H2,47,59)(H2,48,60)(H2,49,61)(H,50,63)(H,51,62)(H,52,66)(H,53,68)(H,54,65)(H,55,64)(H,56,67)/t28-,29-,30-,31-,32-,33-,34-/m0/s1. The highest BCUT2D eigenvalue weighted by Crippen LogP contribution is 2.25. The van der Waals surface area contributed by atoms with Gasteiger partial charge in [0.15, 0.2) is 0 Å². The number of hydrogen-bond donors (Lipinski definition) is 12. The van der Waals surface area contributed by atoms with Crippen LogP contribution in [0.5, 0.6) is 5.75 Å². The fourth-order valence-electron chi connectivity index (χ4n) is 7.64. The monoisotopic (exact) mass is 1030 g/mol. The maximum atomic E-state index is 14.5. The van der Waals surface area contributed by atoms with Gasteiger partial charge in [-0.25, -0.2) is 0 Å². The molecule has 26 heteroatoms. The van der Waals surface area contributed by atoms with Crippen LogP contribution in [-0.4, -0.2) is 148 Å². The van der Waals surface area contributed by atoms with Crippen molar-refractivity contribution in [3.8, 4) is 5.75 Å². The van der Waals surface area contributed by atoms with Crippen LogP contribution in [0.2, 0.25) is 0 Å². The van der Waals surface area contributed by atoms with Gasteiger partial charge in [0, 0.05) is 31.6 Å². The van der Waals surface area contributed by atoms with E-state index in [1.165, 1.54) is 17.0 Å². The summed E-state index contributed by atoms with van der Waals surface area (Å²) < 4.78 is 0. The van der Waals surface area contributed by atoms with Gasteiger partial charge in [-0.2, -0.15) is 0 Å². The molecule has 16 N–H and O–H groups in total. The maximum Gasteiger partial charge on any atom is 0.246 e. The number of carbonyl (C=O) groups excluding carboxylic acids is 11. The summed E-state index contributed by atoms with van der Waals surface area (Å²) in [5, 5.41) is 27.8. The van der Waals surface area contributed by atoms with Crippen molar-refractivity contribution in [3.63, 3.8) is 0 Å². The number of unbranched alkanes of at least 4 members (excludes halogenated alkanes) is 1. The van der Waals surface area contributed by atoms with Crippen LogP contribution in [0, 0.1) is 0 Å². The zero-order valence-electron chi connectivity index (χ0n) is 38.9. The van der Waals surface area contributed by atoms with Crippen molar-refractivity contribution in [2.45, 2.75) is 107 Å². The number of likely N-dealkylation sites (tertiary alicyclic amines) is 1. The first-order chi connectivity index (χ1) is 33.8. The summed E-state index contributed by atoms with van der Waals surface area (Å²) in [7, 11) is 1.91. The molecule has 0 spiro atoms. The number of amides is 11. The van der Waals surface area contributed by atoms with E-state index < -0.39 is 133 Å². The number of nitrogens with zero attached hydrogens (tertiary/aromatic N) is 1. The summed E-state index contributed by atoms with van der Waals surface area (Å²) in [5.74, 6) is -9.97. The molecule has 0 radical (unpaired) electrons. The second kappa shape index (κ2) is 28.7. The van der Waals surface area contributed by atoms with Crippen LogP contribution in [0.4, 0.5) is 0 Å². The van der Waals surface area contributed by atoms with Crippen LogP contribution in [0.15, 0.2) is 54.6 Å². The van der Waals surface area contributed by atoms with Gasteiger partial charge in [0.25, 0.3) is 0 Å². The first kappa shape index (κ1) is 56.7. The average Bonchev–Trinajstić information content (AvgIpc) is 3.83. The molecule has 11 amide bonds. The molecule has 2 aliphatic rings. The molecule has 2 aromatic rings. The number of phenolic OH excluding ortho intramolecular Hbond substituents is 1. The van der Waals surface area contributed by atoms with Crippen molar-refractivity contribution in [3.05, 3.63) is 65.7 Å². The van der Waals surface area contributed by atoms with Crippen molar-refractivity contribution < 1.29 is 57.8 Å². The molecule has 2 heterocycles. The molecule has 2 aromatic carbocycles. The SMILES string of the molecule is NCCCC[C@H](NC(=O)[C@@H]1CCCN1C(=O)[C@@H]1CSSCC(=O)N[C@@H](Cc2ccc(O)cc2)C(=O)N[C@@H](Cc2ccccc2)C(=O)N[C@@H](CCC(N)=O)C(=O)N[C@@H](CC(N)=O)C(=O)N1)C(=O)NCC(N)=O. The fourth-order valence-corrected chi connectivity index (χ4v) is 9.64. The van der Waals surface area contributed by atoms with Crippen LogP contribution in [0.1, 0.15) is 62.5 Å². The highest BCUT2D eigenvalue weighted by Gasteiger charge is 2.40. The van der Waals surface area contributed by atoms with Gasteiger partial charge in [-0.15, -0.1) is 0 Å². The lowest BCUT2D eigenvalue weighted by molar-refractivity contribution is -0.142. The van der Waals surface area contributed by atoms with E-state index in [0.717, 1.165) is 21.6 Å². The van der Waals surface area contributed by atoms with Crippen LogP contribution < -0.4 is 60.2 Å². The van der Waals surface area contributed by atoms with Gasteiger partial charge < -0.3 is 70.2 Å². The number of aromatic hydroxyl groups is 1. The molecular formula is C45H62N12O12S2. The molecule has 2 fully saturated rings. The lowest BCUT2D eigenvalue weighted by Crippen LogP contribution is -2.61. The summed E-state index contributed by atoms with van der Waals surface area (Å²) >= 11 is 0. The molecule has 71 heavy (non-hydrogen) atoms. The third-order valence-electron chi connectivity index (χ3n) is 11.3. The molecule has 4 rings (SSSR count). The summed E-state index contributed by atoms with van der Waals surface area (Å²) in [6.45, 7) is -0.138. The Kier molecular flexibility index (Phi) is 22.9. The molecular weight excluding hydrogens is 965 g/mol. The lowest BCUT2D eigenvalue weighted by Gasteiger charge is -2.30. The topological polar surface area (TPSA) is 400 Å². The molecule has 0 aliphatic carbocycles. The molecule has 0 unspecified atom stereocenters. The summed E-state index contributed by atoms with van der Waals surface area (Å²) in [6, 6.07) is 4.59. The van der Waals surface area contributed by atoms with Gasteiger partial charge in [-0.1, -0.05) is 64.1 Å². The van der Waals surface area contributed by atoms with Crippen LogP contribution in [0.25, 0.3) is 0 Å². The van der Waals surface area contributed by atoms with Crippen molar-refractivity contribution in [2.24, 2.45) is 22.9 Å². The van der Waals surface area contributed by atoms with Gasteiger partial charge in [0.2, 0.25) is 65.0 Å². The van der Waals surface area contributed by atoms with Gasteiger partial charge in [0.1, 0.15) is 48.0 Å². The minimum Gasteiger partial charge on any atom is -0.508 e. The van der Waals surface area contributed by atoms with Crippen molar-refractivity contribution in [1.29, 1.82) is 0 Å². The number of rotatable bonds is 19. The number of hydrogen-bond acceptors (Lipinski definition) is 15. The molecule has 0 aromatic heterocycles. The lowest BCUT2D eigenvalue weighted by atomic mass is 10.0. The zero-order chi connectivity index (χ0) is 52.0. The van der Waals surface area contributed by atoms with Gasteiger partial charge in [0.05, 0.1) is 18.7 Å². The fraction of sp³-hybridized carbons (Fsp3) is 0.489. The Hall–Kier alpha value is -6.93. The zero-order valence-corrected chi connectivity index (χ0v) is 40.5. The van der Waals surface area contributed by atoms with E-state index in [9.17, 15) is 57.8 Å². The summed E-state index contributed by atoms with van der Waals surface area (Å²) in [6.07, 6.45) is -0.269. The van der Waals surface area contributed by atoms with Crippen LogP contribution in [0.3, 0.4) is 0 Å². The van der Waals surface area contributed by atoms with E-state index in [1.807, 2.05) is 0 Å². The number of carbonyl (C=O) groups is 11. The Morgan fingerprint density at radius 3 is 1.96 bits per heavy atom. The normalized spacial score (nSPS) is 22.1. The van der Waals surface area contributed by atoms with Gasteiger partial charge >= 0.3 is 0 Å². The first-order valence-corrected chi connectivity index (χ1v) is 25.3. The second-order valence-corrected chi connectivity index (χ2v) is 19.4. The second-order valence-electron chi connectivity index (χ2n) is 16.9. The Labute approximate surface area is 417 Å². The van der Waals surface area contributed by atoms with E-state index >= 15 is 0 Å². The summed E-state index contributed by atoms with van der Waals surface area (Å²) in [5.41, 5.74) is 22.9. The van der Waals surface area contributed by atoms with Crippen molar-refractivity contribution in [1.82, 2.24) is 42.1 Å². The Morgan fingerprint density at radius 1 is 0.718 bits per heavy atom. The third-order valence-corrected chi connectivity index (χ3v) is 13.6. The first-order valence-electron chi connectivity index (χ1n) is 22.9. The molecule has 0 bridgehead atoms. The predicted octanol–water partition coefficient (Wildman–Crippen LogP) is -3.66. The van der Waals surface area contributed by atoms with E-state index in [1.54, 1.807) is 42.5 Å². The van der Waals surface area contributed by atoms with E-state index in [0.29, 0.717) is 36.9 Å². The Bertz CT molecular complexity index is 2240. The predicted molar refractivity (Wildman–Crippen MR) is 261 cm³/mol. The largest absolute Gasteiger partial charge is 0.508 e. The smallest absolute Gasteiger partial charge is 0.246 e.